The van der Waals surface area contributed by atoms with E-state index in [4.69, 9.17) is 9.47 Å². The van der Waals surface area contributed by atoms with Crippen LogP contribution in [0.4, 0.5) is 4.39 Å². The number of hydrogen-bond acceptors (Lipinski definition) is 3. The zero-order valence-electron chi connectivity index (χ0n) is 20.1. The molecule has 3 nitrogen and oxygen atoms in total. The zero-order chi connectivity index (χ0) is 24.7. The van der Waals surface area contributed by atoms with E-state index in [0.717, 1.165) is 27.5 Å². The van der Waals surface area contributed by atoms with Crippen molar-refractivity contribution in [3.05, 3.63) is 84.7 Å². The highest BCUT2D eigenvalue weighted by Gasteiger charge is 2.28. The Balaban J connectivity index is 1.40. The third-order valence-electron chi connectivity index (χ3n) is 5.75. The first kappa shape index (κ1) is 24.9. The first-order chi connectivity index (χ1) is 16.9. The van der Waals surface area contributed by atoms with Gasteiger partial charge in [-0.3, -0.25) is 0 Å². The Labute approximate surface area is 210 Å². The van der Waals surface area contributed by atoms with Gasteiger partial charge in [-0.05, 0) is 87.4 Å². The van der Waals surface area contributed by atoms with Crippen molar-refractivity contribution in [3.63, 3.8) is 0 Å². The molecule has 0 heterocycles. The topological polar surface area (TPSA) is 35.5 Å². The minimum atomic E-state index is -0.841. The molecule has 0 aromatic heterocycles. The number of benzene rings is 3. The number of hydrogen-bond donors (Lipinski definition) is 0. The van der Waals surface area contributed by atoms with Crippen molar-refractivity contribution in [3.8, 4) is 17.6 Å². The van der Waals surface area contributed by atoms with Crippen molar-refractivity contribution in [2.24, 2.45) is 5.92 Å². The number of carbonyl (C=O) groups excluding carboxylic acids is 1. The van der Waals surface area contributed by atoms with Gasteiger partial charge in [0.1, 0.15) is 11.6 Å². The van der Waals surface area contributed by atoms with Crippen LogP contribution in [0, 0.1) is 23.6 Å². The van der Waals surface area contributed by atoms with E-state index in [0.29, 0.717) is 11.7 Å². The summed E-state index contributed by atoms with van der Waals surface area (Å²) in [5, 5.41) is 0. The molecule has 1 atom stereocenters. The Hall–Kier alpha value is -3.23. The summed E-state index contributed by atoms with van der Waals surface area (Å²) in [5.41, 5.74) is -0.841. The average Bonchev–Trinajstić information content (AvgIpc) is 3.38. The van der Waals surface area contributed by atoms with Crippen molar-refractivity contribution in [1.29, 1.82) is 0 Å². The summed E-state index contributed by atoms with van der Waals surface area (Å²) in [5.74, 6) is 6.66. The highest BCUT2D eigenvalue weighted by atomic mass is 32.2. The van der Waals surface area contributed by atoms with Crippen LogP contribution in [0.2, 0.25) is 0 Å². The lowest BCUT2D eigenvalue weighted by molar-refractivity contribution is -0.154. The van der Waals surface area contributed by atoms with Crippen LogP contribution in [-0.2, 0) is 20.4 Å². The van der Waals surface area contributed by atoms with Crippen molar-refractivity contribution in [2.45, 2.75) is 59.8 Å². The van der Waals surface area contributed by atoms with Crippen LogP contribution in [0.1, 0.15) is 39.5 Å². The molecular weight excluding hydrogens is 459 g/mol. The van der Waals surface area contributed by atoms with E-state index in [1.54, 1.807) is 0 Å². The van der Waals surface area contributed by atoms with Crippen LogP contribution < -0.4 is 4.74 Å². The molecule has 1 saturated carbocycles. The van der Waals surface area contributed by atoms with Crippen LogP contribution in [0.25, 0.3) is 0 Å². The Morgan fingerprint density at radius 2 is 1.49 bits per heavy atom. The monoisotopic (exact) mass is 489 g/mol. The van der Waals surface area contributed by atoms with Crippen molar-refractivity contribution < 1.29 is 18.7 Å². The number of esters is 1. The van der Waals surface area contributed by atoms with Crippen molar-refractivity contribution >= 4 is 16.9 Å². The van der Waals surface area contributed by atoms with Crippen LogP contribution in [0.15, 0.2) is 93.5 Å². The SMILES string of the molecule is CC(C)(C#CC1CCCC1)OC(=O)COc1ccc([S+](c2ccccc2)c2ccc(F)cc2)cc1. The lowest BCUT2D eigenvalue weighted by Gasteiger charge is -2.19. The van der Waals surface area contributed by atoms with Crippen LogP contribution in [0.5, 0.6) is 5.75 Å². The molecule has 3 aromatic carbocycles. The maximum atomic E-state index is 13.5. The Morgan fingerprint density at radius 3 is 2.11 bits per heavy atom. The highest BCUT2D eigenvalue weighted by molar-refractivity contribution is 7.97. The van der Waals surface area contributed by atoms with Crippen molar-refractivity contribution in [2.75, 3.05) is 6.61 Å². The van der Waals surface area contributed by atoms with Crippen molar-refractivity contribution in [1.82, 2.24) is 0 Å². The normalized spacial score (nSPS) is 14.6. The maximum absolute atomic E-state index is 13.5. The van der Waals surface area contributed by atoms with Gasteiger partial charge in [0, 0.05) is 5.92 Å². The van der Waals surface area contributed by atoms with Gasteiger partial charge in [0.15, 0.2) is 26.9 Å². The second-order valence-corrected chi connectivity index (χ2v) is 11.1. The summed E-state index contributed by atoms with van der Waals surface area (Å²) in [6.45, 7) is 3.43. The smallest absolute Gasteiger partial charge is 0.345 e. The quantitative estimate of drug-likeness (QED) is 0.208. The molecule has 0 amide bonds. The lowest BCUT2D eigenvalue weighted by Crippen LogP contribution is -2.29. The minimum Gasteiger partial charge on any atom is -0.482 e. The molecule has 3 aromatic rings. The van der Waals surface area contributed by atoms with E-state index in [2.05, 4.69) is 24.0 Å². The number of halogens is 1. The molecule has 4 rings (SSSR count). The standard InChI is InChI=1S/C30H30FO3S/c1-30(2,21-20-23-8-6-7-9-23)34-29(32)22-33-25-14-18-28(19-15-25)35(26-10-4-3-5-11-26)27-16-12-24(31)13-17-27/h3-5,10-19,23H,6-9,22H2,1-2H3/q+1. The molecule has 1 aliphatic rings. The van der Waals surface area contributed by atoms with Gasteiger partial charge in [-0.2, -0.15) is 0 Å². The first-order valence-electron chi connectivity index (χ1n) is 11.9. The zero-order valence-corrected chi connectivity index (χ0v) is 20.9. The van der Waals surface area contributed by atoms with E-state index in [1.165, 1.54) is 25.0 Å². The van der Waals surface area contributed by atoms with E-state index in [1.807, 2.05) is 68.4 Å². The molecule has 180 valence electrons. The molecule has 0 spiro atoms. The molecule has 5 heteroatoms. The largest absolute Gasteiger partial charge is 0.482 e. The third-order valence-corrected chi connectivity index (χ3v) is 7.98. The van der Waals surface area contributed by atoms with Crippen LogP contribution in [0.3, 0.4) is 0 Å². The van der Waals surface area contributed by atoms with E-state index in [9.17, 15) is 9.18 Å². The third kappa shape index (κ3) is 7.13. The van der Waals surface area contributed by atoms with Gasteiger partial charge in [-0.25, -0.2) is 9.18 Å². The van der Waals surface area contributed by atoms with Gasteiger partial charge in [0.2, 0.25) is 0 Å². The van der Waals surface area contributed by atoms with Gasteiger partial charge in [-0.15, -0.1) is 0 Å². The molecule has 1 aliphatic carbocycles. The fourth-order valence-corrected chi connectivity index (χ4v) is 6.10. The second kappa shape index (κ2) is 11.5. The lowest BCUT2D eigenvalue weighted by atomic mass is 10.1. The molecule has 0 saturated heterocycles. The maximum Gasteiger partial charge on any atom is 0.345 e. The molecule has 0 N–H and O–H groups in total. The molecular formula is C30H30FO3S+. The number of ether oxygens (including phenoxy) is 2. The predicted molar refractivity (Wildman–Crippen MR) is 137 cm³/mol. The highest BCUT2D eigenvalue weighted by Crippen LogP contribution is 2.32. The molecule has 1 unspecified atom stereocenters. The average molecular weight is 490 g/mol. The fourth-order valence-electron chi connectivity index (χ4n) is 4.04. The van der Waals surface area contributed by atoms with Crippen LogP contribution >= 0.6 is 0 Å². The van der Waals surface area contributed by atoms with E-state index < -0.39 is 22.5 Å². The summed E-state index contributed by atoms with van der Waals surface area (Å²) in [6, 6.07) is 24.4. The molecule has 0 bridgehead atoms. The number of carbonyl (C=O) groups is 1. The van der Waals surface area contributed by atoms with Gasteiger partial charge >= 0.3 is 5.97 Å². The van der Waals surface area contributed by atoms with E-state index >= 15 is 0 Å². The molecule has 35 heavy (non-hydrogen) atoms. The Bertz CT molecular complexity index is 1170. The van der Waals surface area contributed by atoms with Crippen LogP contribution in [-0.4, -0.2) is 18.2 Å². The Kier molecular flexibility index (Phi) is 8.15. The van der Waals surface area contributed by atoms with Gasteiger partial charge < -0.3 is 9.47 Å². The minimum absolute atomic E-state index is 0.184. The van der Waals surface area contributed by atoms with Gasteiger partial charge in [0.05, 0.1) is 10.9 Å². The summed E-state index contributed by atoms with van der Waals surface area (Å²) in [6.07, 6.45) is 4.71. The second-order valence-electron chi connectivity index (χ2n) is 9.07. The summed E-state index contributed by atoms with van der Waals surface area (Å²) in [4.78, 5) is 15.6. The fraction of sp³-hybridized carbons (Fsp3) is 0.300. The van der Waals surface area contributed by atoms with E-state index in [-0.39, 0.29) is 12.4 Å². The summed E-state index contributed by atoms with van der Waals surface area (Å²) in [7, 11) is -0.390. The summed E-state index contributed by atoms with van der Waals surface area (Å²) >= 11 is 0. The Morgan fingerprint density at radius 1 is 0.914 bits per heavy atom. The summed E-state index contributed by atoms with van der Waals surface area (Å²) < 4.78 is 24.7. The molecule has 1 fully saturated rings. The number of rotatable bonds is 7. The van der Waals surface area contributed by atoms with Gasteiger partial charge in [-0.1, -0.05) is 42.9 Å². The van der Waals surface area contributed by atoms with Gasteiger partial charge in [0.25, 0.3) is 0 Å². The molecule has 0 radical (unpaired) electrons. The predicted octanol–water partition coefficient (Wildman–Crippen LogP) is 6.82. The molecule has 0 aliphatic heterocycles. The first-order valence-corrected chi connectivity index (χ1v) is 13.1.